The third-order valence-electron chi connectivity index (χ3n) is 3.60. The van der Waals surface area contributed by atoms with Crippen LogP contribution < -0.4 is 10.1 Å². The van der Waals surface area contributed by atoms with E-state index in [1.54, 1.807) is 7.11 Å². The third-order valence-corrected chi connectivity index (χ3v) is 4.52. The van der Waals surface area contributed by atoms with E-state index in [0.717, 1.165) is 20.3 Å². The molecule has 0 heterocycles. The molecule has 0 aromatic heterocycles. The Labute approximate surface area is 143 Å². The molecule has 0 radical (unpaired) electrons. The second-order valence-corrected chi connectivity index (χ2v) is 6.93. The van der Waals surface area contributed by atoms with Gasteiger partial charge in [-0.1, -0.05) is 37.9 Å². The number of benzene rings is 2. The summed E-state index contributed by atoms with van der Waals surface area (Å²) in [5, 5.41) is 3.41. The van der Waals surface area contributed by atoms with Crippen LogP contribution in [0.1, 0.15) is 28.3 Å². The fourth-order valence-electron chi connectivity index (χ4n) is 2.59. The lowest BCUT2D eigenvalue weighted by molar-refractivity contribution is 0.411. The number of hydrogen-bond donors (Lipinski definition) is 1. The average Bonchev–Trinajstić information content (AvgIpc) is 2.42. The Hall–Kier alpha value is -0.840. The number of ether oxygens (including phenoxy) is 1. The van der Waals surface area contributed by atoms with Crippen molar-refractivity contribution in [3.8, 4) is 5.75 Å². The lowest BCUT2D eigenvalue weighted by atomic mass is 9.93. The second-order valence-electron chi connectivity index (χ2n) is 5.10. The van der Waals surface area contributed by atoms with Crippen molar-refractivity contribution in [2.45, 2.75) is 19.9 Å². The van der Waals surface area contributed by atoms with Crippen LogP contribution in [0, 0.1) is 13.8 Å². The van der Waals surface area contributed by atoms with Crippen molar-refractivity contribution in [1.82, 2.24) is 5.32 Å². The van der Waals surface area contributed by atoms with E-state index in [4.69, 9.17) is 4.74 Å². The Morgan fingerprint density at radius 2 is 1.57 bits per heavy atom. The van der Waals surface area contributed by atoms with Gasteiger partial charge >= 0.3 is 0 Å². The van der Waals surface area contributed by atoms with E-state index in [1.165, 1.54) is 16.7 Å². The molecule has 1 N–H and O–H groups in total. The maximum atomic E-state index is 5.40. The summed E-state index contributed by atoms with van der Waals surface area (Å²) in [6.45, 7) is 4.19. The summed E-state index contributed by atoms with van der Waals surface area (Å²) in [6, 6.07) is 10.8. The van der Waals surface area contributed by atoms with Gasteiger partial charge in [0.1, 0.15) is 5.75 Å². The summed E-state index contributed by atoms with van der Waals surface area (Å²) in [4.78, 5) is 0. The van der Waals surface area contributed by atoms with Crippen LogP contribution in [0.2, 0.25) is 0 Å². The van der Waals surface area contributed by atoms with Crippen molar-refractivity contribution >= 4 is 31.9 Å². The van der Waals surface area contributed by atoms with Gasteiger partial charge in [0.25, 0.3) is 0 Å². The molecule has 1 atom stereocenters. The average molecular weight is 413 g/mol. The van der Waals surface area contributed by atoms with Gasteiger partial charge in [-0.2, -0.15) is 0 Å². The number of halogens is 2. The van der Waals surface area contributed by atoms with Crippen LogP contribution in [0.5, 0.6) is 5.75 Å². The zero-order chi connectivity index (χ0) is 15.6. The Bertz CT molecular complexity index is 635. The highest BCUT2D eigenvalue weighted by Crippen LogP contribution is 2.32. The standard InChI is InChI=1S/C17H19Br2NO/c1-10-6-16(21-4)11(2)5-15(10)17(20-3)12-7-13(18)9-14(19)8-12/h5-9,17,20H,1-4H3. The summed E-state index contributed by atoms with van der Waals surface area (Å²) in [5.41, 5.74) is 4.84. The molecule has 2 rings (SSSR count). The molecule has 0 fully saturated rings. The van der Waals surface area contributed by atoms with Crippen LogP contribution in [0.4, 0.5) is 0 Å². The number of aryl methyl sites for hydroxylation is 2. The van der Waals surface area contributed by atoms with Crippen LogP contribution in [0.3, 0.4) is 0 Å². The number of nitrogens with one attached hydrogen (secondary N) is 1. The van der Waals surface area contributed by atoms with Gasteiger partial charge < -0.3 is 10.1 Å². The van der Waals surface area contributed by atoms with E-state index in [-0.39, 0.29) is 6.04 Å². The van der Waals surface area contributed by atoms with Crippen LogP contribution in [-0.2, 0) is 0 Å². The van der Waals surface area contributed by atoms with Crippen LogP contribution in [0.25, 0.3) is 0 Å². The molecule has 2 nitrogen and oxygen atoms in total. The summed E-state index contributed by atoms with van der Waals surface area (Å²) >= 11 is 7.12. The van der Waals surface area contributed by atoms with Crippen molar-refractivity contribution in [1.29, 1.82) is 0 Å². The SMILES string of the molecule is CNC(c1cc(Br)cc(Br)c1)c1cc(C)c(OC)cc1C. The van der Waals surface area contributed by atoms with Gasteiger partial charge in [0.2, 0.25) is 0 Å². The fourth-order valence-corrected chi connectivity index (χ4v) is 3.92. The van der Waals surface area contributed by atoms with Crippen LogP contribution in [0.15, 0.2) is 39.3 Å². The Kier molecular flexibility index (Phi) is 5.47. The Morgan fingerprint density at radius 1 is 0.952 bits per heavy atom. The predicted octanol–water partition coefficient (Wildman–Crippen LogP) is 5.15. The van der Waals surface area contributed by atoms with E-state index >= 15 is 0 Å². The predicted molar refractivity (Wildman–Crippen MR) is 95.2 cm³/mol. The molecule has 0 saturated heterocycles. The molecule has 2 aromatic carbocycles. The smallest absolute Gasteiger partial charge is 0.122 e. The van der Waals surface area contributed by atoms with Crippen molar-refractivity contribution in [3.05, 3.63) is 61.5 Å². The van der Waals surface area contributed by atoms with Crippen molar-refractivity contribution in [2.24, 2.45) is 0 Å². The highest BCUT2D eigenvalue weighted by molar-refractivity contribution is 9.11. The molecule has 0 bridgehead atoms. The number of methoxy groups -OCH3 is 1. The highest BCUT2D eigenvalue weighted by Gasteiger charge is 2.17. The molecular formula is C17H19Br2NO. The molecule has 0 amide bonds. The molecule has 21 heavy (non-hydrogen) atoms. The fraction of sp³-hybridized carbons (Fsp3) is 0.294. The lowest BCUT2D eigenvalue weighted by Gasteiger charge is -2.21. The normalized spacial score (nSPS) is 12.3. The maximum absolute atomic E-state index is 5.40. The number of rotatable bonds is 4. The first-order valence-electron chi connectivity index (χ1n) is 6.74. The minimum atomic E-state index is 0.142. The van der Waals surface area contributed by atoms with Gasteiger partial charge in [-0.25, -0.2) is 0 Å². The molecule has 0 saturated carbocycles. The summed E-state index contributed by atoms with van der Waals surface area (Å²) in [6.07, 6.45) is 0. The monoisotopic (exact) mass is 411 g/mol. The van der Waals surface area contributed by atoms with E-state index in [2.05, 4.69) is 75.3 Å². The van der Waals surface area contributed by atoms with Gasteiger partial charge in [-0.05, 0) is 67.4 Å². The van der Waals surface area contributed by atoms with Crippen LogP contribution >= 0.6 is 31.9 Å². The molecule has 0 aliphatic heterocycles. The second kappa shape index (κ2) is 6.95. The van der Waals surface area contributed by atoms with Gasteiger partial charge in [-0.15, -0.1) is 0 Å². The zero-order valence-corrected chi connectivity index (χ0v) is 15.8. The topological polar surface area (TPSA) is 21.3 Å². The molecule has 2 aromatic rings. The molecule has 0 spiro atoms. The van der Waals surface area contributed by atoms with E-state index in [9.17, 15) is 0 Å². The first kappa shape index (κ1) is 16.5. The van der Waals surface area contributed by atoms with Crippen molar-refractivity contribution in [3.63, 3.8) is 0 Å². The Balaban J connectivity index is 2.53. The quantitative estimate of drug-likeness (QED) is 0.749. The van der Waals surface area contributed by atoms with E-state index in [0.29, 0.717) is 0 Å². The minimum absolute atomic E-state index is 0.142. The number of hydrogen-bond acceptors (Lipinski definition) is 2. The van der Waals surface area contributed by atoms with E-state index < -0.39 is 0 Å². The van der Waals surface area contributed by atoms with E-state index in [1.807, 2.05) is 13.1 Å². The van der Waals surface area contributed by atoms with Gasteiger partial charge in [0, 0.05) is 8.95 Å². The first-order valence-corrected chi connectivity index (χ1v) is 8.33. The van der Waals surface area contributed by atoms with Crippen molar-refractivity contribution < 1.29 is 4.74 Å². The third kappa shape index (κ3) is 3.68. The molecular weight excluding hydrogens is 394 g/mol. The molecule has 112 valence electrons. The summed E-state index contributed by atoms with van der Waals surface area (Å²) in [5.74, 6) is 0.932. The van der Waals surface area contributed by atoms with Gasteiger partial charge in [0.15, 0.2) is 0 Å². The Morgan fingerprint density at radius 3 is 2.10 bits per heavy atom. The minimum Gasteiger partial charge on any atom is -0.496 e. The molecule has 1 unspecified atom stereocenters. The van der Waals surface area contributed by atoms with Crippen molar-refractivity contribution in [2.75, 3.05) is 14.2 Å². The van der Waals surface area contributed by atoms with Crippen LogP contribution in [-0.4, -0.2) is 14.2 Å². The highest BCUT2D eigenvalue weighted by atomic mass is 79.9. The van der Waals surface area contributed by atoms with Gasteiger partial charge in [-0.3, -0.25) is 0 Å². The zero-order valence-electron chi connectivity index (χ0n) is 12.6. The maximum Gasteiger partial charge on any atom is 0.122 e. The first-order chi connectivity index (χ1) is 9.96. The largest absolute Gasteiger partial charge is 0.496 e. The summed E-state index contributed by atoms with van der Waals surface area (Å²) in [7, 11) is 3.70. The lowest BCUT2D eigenvalue weighted by Crippen LogP contribution is -2.19. The molecule has 4 heteroatoms. The van der Waals surface area contributed by atoms with Gasteiger partial charge in [0.05, 0.1) is 13.2 Å². The summed E-state index contributed by atoms with van der Waals surface area (Å²) < 4.78 is 7.53. The molecule has 0 aliphatic carbocycles. The molecule has 0 aliphatic rings.